The second kappa shape index (κ2) is 11.5. The Kier molecular flexibility index (Phi) is 8.26. The molecule has 6 nitrogen and oxygen atoms in total. The number of aliphatic hydroxyl groups excluding tert-OH is 1. The van der Waals surface area contributed by atoms with Crippen molar-refractivity contribution in [3.63, 3.8) is 0 Å². The molecule has 1 N–H and O–H groups in total. The molecular formula is C33H38N2O4. The third kappa shape index (κ3) is 6.40. The van der Waals surface area contributed by atoms with E-state index in [1.165, 1.54) is 5.56 Å². The molecule has 1 aliphatic rings. The van der Waals surface area contributed by atoms with Crippen molar-refractivity contribution in [2.75, 3.05) is 27.2 Å². The number of aryl methyl sites for hydroxylation is 1. The van der Waals surface area contributed by atoms with Gasteiger partial charge in [0.1, 0.15) is 18.1 Å². The fourth-order valence-corrected chi connectivity index (χ4v) is 4.76. The van der Waals surface area contributed by atoms with Crippen LogP contribution in [0.5, 0.6) is 5.75 Å². The number of ketones is 1. The van der Waals surface area contributed by atoms with E-state index in [9.17, 15) is 14.7 Å². The average Bonchev–Trinajstić information content (AvgIpc) is 3.15. The number of likely N-dealkylation sites (N-methyl/N-ethyl adjacent to an activating group) is 1. The van der Waals surface area contributed by atoms with Crippen molar-refractivity contribution < 1.29 is 19.4 Å². The molecule has 3 aromatic carbocycles. The van der Waals surface area contributed by atoms with Crippen LogP contribution in [-0.4, -0.2) is 53.8 Å². The van der Waals surface area contributed by atoms with Crippen LogP contribution in [0.25, 0.3) is 5.76 Å². The van der Waals surface area contributed by atoms with E-state index >= 15 is 0 Å². The fraction of sp³-hybridized carbons (Fsp3) is 0.333. The largest absolute Gasteiger partial charge is 0.507 e. The van der Waals surface area contributed by atoms with E-state index in [0.717, 1.165) is 16.7 Å². The third-order valence-corrected chi connectivity index (χ3v) is 7.04. The molecule has 1 atom stereocenters. The standard InChI is InChI=1S/C33H38N2O4/c1-22-8-7-9-23(20-22)21-39-27-16-12-25(13-17-27)30(36)28-29(24-10-14-26(15-11-24)33(2,3)4)35(19-18-34(5)6)32(38)31(28)37/h7-17,20,29,36H,18-19,21H2,1-6H3/b30-28-. The minimum absolute atomic E-state index is 0.0333. The van der Waals surface area contributed by atoms with Gasteiger partial charge in [0.25, 0.3) is 11.7 Å². The molecule has 0 bridgehead atoms. The number of carbonyl (C=O) groups excluding carboxylic acids is 2. The first-order valence-corrected chi connectivity index (χ1v) is 13.3. The van der Waals surface area contributed by atoms with Gasteiger partial charge in [-0.15, -0.1) is 0 Å². The Balaban J connectivity index is 1.66. The molecule has 1 saturated heterocycles. The number of nitrogens with zero attached hydrogens (tertiary/aromatic N) is 2. The van der Waals surface area contributed by atoms with Crippen molar-refractivity contribution in [1.29, 1.82) is 0 Å². The third-order valence-electron chi connectivity index (χ3n) is 7.04. The number of carbonyl (C=O) groups is 2. The molecule has 0 aliphatic carbocycles. The Labute approximate surface area is 231 Å². The number of hydrogen-bond acceptors (Lipinski definition) is 5. The van der Waals surface area contributed by atoms with Crippen LogP contribution in [0.15, 0.2) is 78.4 Å². The van der Waals surface area contributed by atoms with Crippen LogP contribution in [0.1, 0.15) is 54.6 Å². The van der Waals surface area contributed by atoms with Crippen molar-refractivity contribution in [3.05, 3.63) is 106 Å². The zero-order valence-electron chi connectivity index (χ0n) is 23.7. The van der Waals surface area contributed by atoms with Gasteiger partial charge in [0.05, 0.1) is 11.6 Å². The number of benzene rings is 3. The second-order valence-electron chi connectivity index (χ2n) is 11.5. The molecule has 1 unspecified atom stereocenters. The summed E-state index contributed by atoms with van der Waals surface area (Å²) in [5.41, 5.74) is 4.71. The highest BCUT2D eigenvalue weighted by molar-refractivity contribution is 6.46. The number of likely N-dealkylation sites (tertiary alicyclic amines) is 1. The van der Waals surface area contributed by atoms with Crippen LogP contribution in [0, 0.1) is 6.92 Å². The molecule has 1 fully saturated rings. The van der Waals surface area contributed by atoms with Gasteiger partial charge in [-0.05, 0) is 67.4 Å². The predicted octanol–water partition coefficient (Wildman–Crippen LogP) is 5.85. The van der Waals surface area contributed by atoms with Crippen LogP contribution in [0.4, 0.5) is 0 Å². The summed E-state index contributed by atoms with van der Waals surface area (Å²) >= 11 is 0. The Morgan fingerprint density at radius 1 is 0.974 bits per heavy atom. The van der Waals surface area contributed by atoms with Crippen molar-refractivity contribution in [1.82, 2.24) is 9.80 Å². The lowest BCUT2D eigenvalue weighted by Gasteiger charge is -2.27. The van der Waals surface area contributed by atoms with Crippen molar-refractivity contribution in [2.24, 2.45) is 0 Å². The lowest BCUT2D eigenvalue weighted by atomic mass is 9.85. The first-order valence-electron chi connectivity index (χ1n) is 13.3. The summed E-state index contributed by atoms with van der Waals surface area (Å²) in [6, 6.07) is 22.4. The van der Waals surface area contributed by atoms with E-state index in [-0.39, 0.29) is 16.7 Å². The quantitative estimate of drug-likeness (QED) is 0.226. The topological polar surface area (TPSA) is 70.1 Å². The van der Waals surface area contributed by atoms with Crippen LogP contribution >= 0.6 is 0 Å². The molecular weight excluding hydrogens is 488 g/mol. The van der Waals surface area contributed by atoms with Gasteiger partial charge < -0.3 is 19.6 Å². The Bertz CT molecular complexity index is 1370. The number of hydrogen-bond donors (Lipinski definition) is 1. The van der Waals surface area contributed by atoms with Gasteiger partial charge in [0.2, 0.25) is 0 Å². The maximum Gasteiger partial charge on any atom is 0.295 e. The molecule has 3 aromatic rings. The van der Waals surface area contributed by atoms with Crippen LogP contribution in [-0.2, 0) is 21.6 Å². The van der Waals surface area contributed by atoms with Crippen molar-refractivity contribution in [3.8, 4) is 5.75 Å². The molecule has 204 valence electrons. The number of ether oxygens (including phenoxy) is 1. The number of aliphatic hydroxyl groups is 1. The summed E-state index contributed by atoms with van der Waals surface area (Å²) in [5, 5.41) is 11.4. The maximum atomic E-state index is 13.3. The number of amides is 1. The Hall–Kier alpha value is -3.90. The smallest absolute Gasteiger partial charge is 0.295 e. The Morgan fingerprint density at radius 3 is 2.23 bits per heavy atom. The first kappa shape index (κ1) is 28.1. The van der Waals surface area contributed by atoms with Crippen molar-refractivity contribution in [2.45, 2.75) is 45.8 Å². The zero-order valence-corrected chi connectivity index (χ0v) is 23.7. The molecule has 0 spiro atoms. The molecule has 1 aliphatic heterocycles. The summed E-state index contributed by atoms with van der Waals surface area (Å²) in [5.74, 6) is -0.804. The van der Waals surface area contributed by atoms with Crippen molar-refractivity contribution >= 4 is 17.4 Å². The molecule has 0 saturated carbocycles. The van der Waals surface area contributed by atoms with Crippen LogP contribution in [0.3, 0.4) is 0 Å². The summed E-state index contributed by atoms with van der Waals surface area (Å²) in [4.78, 5) is 30.0. The molecule has 39 heavy (non-hydrogen) atoms. The van der Waals surface area contributed by atoms with Gasteiger partial charge in [0.15, 0.2) is 0 Å². The first-order chi connectivity index (χ1) is 18.5. The van der Waals surface area contributed by atoms with Gasteiger partial charge in [-0.1, -0.05) is 74.9 Å². The highest BCUT2D eigenvalue weighted by Crippen LogP contribution is 2.40. The van der Waals surface area contributed by atoms with Gasteiger partial charge in [0, 0.05) is 18.7 Å². The molecule has 0 radical (unpaired) electrons. The van der Waals surface area contributed by atoms with Gasteiger partial charge in [-0.2, -0.15) is 0 Å². The number of rotatable bonds is 8. The molecule has 6 heteroatoms. The summed E-state index contributed by atoms with van der Waals surface area (Å²) in [6.45, 7) is 9.84. The summed E-state index contributed by atoms with van der Waals surface area (Å²) < 4.78 is 5.91. The van der Waals surface area contributed by atoms with Gasteiger partial charge in [-0.3, -0.25) is 9.59 Å². The van der Waals surface area contributed by atoms with E-state index in [2.05, 4.69) is 26.8 Å². The van der Waals surface area contributed by atoms with E-state index in [1.807, 2.05) is 68.4 Å². The lowest BCUT2D eigenvalue weighted by molar-refractivity contribution is -0.140. The molecule has 1 heterocycles. The van der Waals surface area contributed by atoms with E-state index in [4.69, 9.17) is 4.74 Å². The maximum absolute atomic E-state index is 13.3. The molecule has 0 aromatic heterocycles. The number of Topliss-reactive ketones (excluding diaryl/α,β-unsaturated/α-hetero) is 1. The van der Waals surface area contributed by atoms with E-state index in [0.29, 0.717) is 31.0 Å². The van der Waals surface area contributed by atoms with Crippen LogP contribution < -0.4 is 4.74 Å². The van der Waals surface area contributed by atoms with E-state index in [1.54, 1.807) is 29.2 Å². The lowest BCUT2D eigenvalue weighted by Crippen LogP contribution is -2.35. The SMILES string of the molecule is Cc1cccc(COc2ccc(/C(O)=C3/C(=O)C(=O)N(CCN(C)C)C3c3ccc(C(C)(C)C)cc3)cc2)c1. The molecule has 4 rings (SSSR count). The Morgan fingerprint density at radius 2 is 1.64 bits per heavy atom. The van der Waals surface area contributed by atoms with Crippen LogP contribution in [0.2, 0.25) is 0 Å². The van der Waals surface area contributed by atoms with Gasteiger partial charge in [-0.25, -0.2) is 0 Å². The average molecular weight is 527 g/mol. The minimum atomic E-state index is -0.670. The van der Waals surface area contributed by atoms with E-state index < -0.39 is 17.7 Å². The fourth-order valence-electron chi connectivity index (χ4n) is 4.76. The molecule has 1 amide bonds. The summed E-state index contributed by atoms with van der Waals surface area (Å²) in [6.07, 6.45) is 0. The minimum Gasteiger partial charge on any atom is -0.507 e. The highest BCUT2D eigenvalue weighted by Gasteiger charge is 2.45. The predicted molar refractivity (Wildman–Crippen MR) is 155 cm³/mol. The normalized spacial score (nSPS) is 17.2. The van der Waals surface area contributed by atoms with Gasteiger partial charge >= 0.3 is 0 Å². The second-order valence-corrected chi connectivity index (χ2v) is 11.5. The monoisotopic (exact) mass is 526 g/mol. The summed E-state index contributed by atoms with van der Waals surface area (Å²) in [7, 11) is 3.85. The zero-order chi connectivity index (χ0) is 28.3. The highest BCUT2D eigenvalue weighted by atomic mass is 16.5.